The van der Waals surface area contributed by atoms with Crippen molar-refractivity contribution in [3.8, 4) is 0 Å². The average Bonchev–Trinajstić information content (AvgIpc) is 2.65. The molecular weight excluding hydrogens is 232 g/mol. The van der Waals surface area contributed by atoms with Crippen LogP contribution in [0.5, 0.6) is 0 Å². The van der Waals surface area contributed by atoms with Gasteiger partial charge in [-0.05, 0) is 40.0 Å². The van der Waals surface area contributed by atoms with E-state index >= 15 is 0 Å². The number of hydrogen-bond donors (Lipinski definition) is 2. The Hall–Kier alpha value is -1.26. The summed E-state index contributed by atoms with van der Waals surface area (Å²) in [5, 5.41) is 11.9. The maximum absolute atomic E-state index is 12.1. The summed E-state index contributed by atoms with van der Waals surface area (Å²) in [4.78, 5) is 25.0. The molecule has 0 aromatic rings. The lowest BCUT2D eigenvalue weighted by molar-refractivity contribution is -0.147. The summed E-state index contributed by atoms with van der Waals surface area (Å²) >= 11 is 0. The molecule has 1 heterocycles. The largest absolute Gasteiger partial charge is 0.481 e. The summed E-state index contributed by atoms with van der Waals surface area (Å²) in [6, 6.07) is -0.154. The molecule has 2 amide bonds. The van der Waals surface area contributed by atoms with Crippen LogP contribution < -0.4 is 5.32 Å². The number of carboxylic acids is 1. The van der Waals surface area contributed by atoms with E-state index in [0.29, 0.717) is 6.42 Å². The number of rotatable bonds is 4. The molecule has 104 valence electrons. The molecule has 2 N–H and O–H groups in total. The van der Waals surface area contributed by atoms with Crippen molar-refractivity contribution >= 4 is 12.0 Å². The number of aliphatic carboxylic acids is 1. The number of hydrogen-bond acceptors (Lipinski definition) is 2. The third-order valence-electron chi connectivity index (χ3n) is 4.07. The van der Waals surface area contributed by atoms with E-state index in [1.54, 1.807) is 11.8 Å². The van der Waals surface area contributed by atoms with Gasteiger partial charge in [0.05, 0.1) is 5.41 Å². The van der Waals surface area contributed by atoms with Crippen molar-refractivity contribution < 1.29 is 14.7 Å². The van der Waals surface area contributed by atoms with Crippen LogP contribution in [0.1, 0.15) is 47.0 Å². The SMILES string of the molecule is CCC(C)(CNC(=O)N1CCCC1(C)C)C(=O)O. The van der Waals surface area contributed by atoms with Gasteiger partial charge in [-0.15, -0.1) is 0 Å². The van der Waals surface area contributed by atoms with Crippen LogP contribution in [0.25, 0.3) is 0 Å². The third kappa shape index (κ3) is 2.94. The second-order valence-corrected chi connectivity index (χ2v) is 5.95. The summed E-state index contributed by atoms with van der Waals surface area (Å²) < 4.78 is 0. The van der Waals surface area contributed by atoms with Gasteiger partial charge < -0.3 is 15.3 Å². The zero-order valence-corrected chi connectivity index (χ0v) is 11.7. The number of carbonyl (C=O) groups is 2. The lowest BCUT2D eigenvalue weighted by atomic mass is 9.88. The molecule has 1 saturated heterocycles. The van der Waals surface area contributed by atoms with Gasteiger partial charge in [-0.25, -0.2) is 4.79 Å². The van der Waals surface area contributed by atoms with E-state index < -0.39 is 11.4 Å². The first kappa shape index (κ1) is 14.8. The predicted octanol–water partition coefficient (Wildman–Crippen LogP) is 2.07. The zero-order valence-electron chi connectivity index (χ0n) is 11.7. The molecule has 1 atom stereocenters. The minimum atomic E-state index is -0.889. The fourth-order valence-corrected chi connectivity index (χ4v) is 2.20. The van der Waals surface area contributed by atoms with Crippen LogP contribution in [-0.4, -0.2) is 40.6 Å². The van der Waals surface area contributed by atoms with E-state index in [4.69, 9.17) is 5.11 Å². The fraction of sp³-hybridized carbons (Fsp3) is 0.846. The van der Waals surface area contributed by atoms with E-state index in [9.17, 15) is 9.59 Å². The first-order chi connectivity index (χ1) is 8.23. The quantitative estimate of drug-likeness (QED) is 0.809. The van der Waals surface area contributed by atoms with Crippen LogP contribution in [0, 0.1) is 5.41 Å². The highest BCUT2D eigenvalue weighted by molar-refractivity contribution is 5.78. The molecule has 0 spiro atoms. The Morgan fingerprint density at radius 1 is 1.44 bits per heavy atom. The number of amides is 2. The number of likely N-dealkylation sites (tertiary alicyclic amines) is 1. The number of carbonyl (C=O) groups excluding carboxylic acids is 1. The molecule has 1 aliphatic heterocycles. The fourth-order valence-electron chi connectivity index (χ4n) is 2.20. The molecule has 1 aliphatic rings. The van der Waals surface area contributed by atoms with Gasteiger partial charge >= 0.3 is 12.0 Å². The van der Waals surface area contributed by atoms with Gasteiger partial charge in [-0.1, -0.05) is 6.92 Å². The van der Waals surface area contributed by atoms with Crippen LogP contribution in [0.2, 0.25) is 0 Å². The van der Waals surface area contributed by atoms with E-state index in [1.165, 1.54) is 0 Å². The van der Waals surface area contributed by atoms with Gasteiger partial charge in [-0.2, -0.15) is 0 Å². The van der Waals surface area contributed by atoms with Crippen molar-refractivity contribution in [1.82, 2.24) is 10.2 Å². The Labute approximate surface area is 109 Å². The average molecular weight is 256 g/mol. The van der Waals surface area contributed by atoms with Gasteiger partial charge in [0.25, 0.3) is 0 Å². The Morgan fingerprint density at radius 3 is 2.44 bits per heavy atom. The van der Waals surface area contributed by atoms with Crippen LogP contribution in [-0.2, 0) is 4.79 Å². The number of nitrogens with one attached hydrogen (secondary N) is 1. The normalized spacial score (nSPS) is 21.4. The van der Waals surface area contributed by atoms with Crippen LogP contribution in [0.3, 0.4) is 0 Å². The van der Waals surface area contributed by atoms with E-state index in [-0.39, 0.29) is 18.1 Å². The van der Waals surface area contributed by atoms with Crippen molar-refractivity contribution in [2.75, 3.05) is 13.1 Å². The monoisotopic (exact) mass is 256 g/mol. The molecule has 18 heavy (non-hydrogen) atoms. The standard InChI is InChI=1S/C13H24N2O3/c1-5-13(4,10(16)17)9-14-11(18)15-8-6-7-12(15,2)3/h5-9H2,1-4H3,(H,14,18)(H,16,17). The molecule has 0 aromatic carbocycles. The summed E-state index contributed by atoms with van der Waals surface area (Å²) in [5.41, 5.74) is -1.02. The molecule has 0 aromatic heterocycles. The highest BCUT2D eigenvalue weighted by Gasteiger charge is 2.37. The van der Waals surface area contributed by atoms with E-state index in [0.717, 1.165) is 19.4 Å². The Bertz CT molecular complexity index is 341. The maximum Gasteiger partial charge on any atom is 0.317 e. The number of urea groups is 1. The highest BCUT2D eigenvalue weighted by atomic mass is 16.4. The molecule has 5 nitrogen and oxygen atoms in total. The molecule has 1 unspecified atom stereocenters. The van der Waals surface area contributed by atoms with Gasteiger partial charge in [0, 0.05) is 18.6 Å². The molecule has 5 heteroatoms. The smallest absolute Gasteiger partial charge is 0.317 e. The first-order valence-corrected chi connectivity index (χ1v) is 6.52. The van der Waals surface area contributed by atoms with Gasteiger partial charge in [-0.3, -0.25) is 4.79 Å². The molecule has 1 fully saturated rings. The van der Waals surface area contributed by atoms with Gasteiger partial charge in [0.2, 0.25) is 0 Å². The van der Waals surface area contributed by atoms with Crippen LogP contribution >= 0.6 is 0 Å². The van der Waals surface area contributed by atoms with Gasteiger partial charge in [0.1, 0.15) is 0 Å². The third-order valence-corrected chi connectivity index (χ3v) is 4.07. The molecule has 0 saturated carbocycles. The van der Waals surface area contributed by atoms with Crippen LogP contribution in [0.15, 0.2) is 0 Å². The van der Waals surface area contributed by atoms with Crippen molar-refractivity contribution in [2.24, 2.45) is 5.41 Å². The molecule has 0 bridgehead atoms. The second-order valence-electron chi connectivity index (χ2n) is 5.95. The Morgan fingerprint density at radius 2 is 2.06 bits per heavy atom. The molecular formula is C13H24N2O3. The minimum Gasteiger partial charge on any atom is -0.481 e. The maximum atomic E-state index is 12.1. The summed E-state index contributed by atoms with van der Waals surface area (Å²) in [6.07, 6.45) is 2.49. The highest BCUT2D eigenvalue weighted by Crippen LogP contribution is 2.28. The molecule has 0 aliphatic carbocycles. The number of nitrogens with zero attached hydrogens (tertiary/aromatic N) is 1. The van der Waals surface area contributed by atoms with Crippen molar-refractivity contribution in [2.45, 2.75) is 52.5 Å². The first-order valence-electron chi connectivity index (χ1n) is 6.52. The summed E-state index contributed by atoms with van der Waals surface area (Å²) in [6.45, 7) is 8.47. The summed E-state index contributed by atoms with van der Waals surface area (Å²) in [5.74, 6) is -0.869. The second kappa shape index (κ2) is 5.16. The lowest BCUT2D eigenvalue weighted by Gasteiger charge is -2.33. The number of carboxylic acid groups (broad SMARTS) is 1. The lowest BCUT2D eigenvalue weighted by Crippen LogP contribution is -2.51. The minimum absolute atomic E-state index is 0.129. The predicted molar refractivity (Wildman–Crippen MR) is 69.5 cm³/mol. The van der Waals surface area contributed by atoms with Crippen LogP contribution in [0.4, 0.5) is 4.79 Å². The Kier molecular flexibility index (Phi) is 4.24. The topological polar surface area (TPSA) is 69.6 Å². The zero-order chi connectivity index (χ0) is 14.0. The molecule has 1 rings (SSSR count). The summed E-state index contributed by atoms with van der Waals surface area (Å²) in [7, 11) is 0. The molecule has 0 radical (unpaired) electrons. The van der Waals surface area contributed by atoms with Crippen molar-refractivity contribution in [3.63, 3.8) is 0 Å². The van der Waals surface area contributed by atoms with Gasteiger partial charge in [0.15, 0.2) is 0 Å². The van der Waals surface area contributed by atoms with E-state index in [1.807, 2.05) is 20.8 Å². The Balaban J connectivity index is 2.59. The van der Waals surface area contributed by atoms with Crippen molar-refractivity contribution in [3.05, 3.63) is 0 Å². The van der Waals surface area contributed by atoms with Crippen molar-refractivity contribution in [1.29, 1.82) is 0 Å². The van der Waals surface area contributed by atoms with E-state index in [2.05, 4.69) is 5.32 Å².